The Kier molecular flexibility index (Phi) is 11.4. The molecular weight excluding hydrogens is 684 g/mol. The van der Waals surface area contributed by atoms with Crippen molar-refractivity contribution in [2.45, 2.75) is 113 Å². The number of hydrogen-bond donors (Lipinski definition) is 6. The van der Waals surface area contributed by atoms with Gasteiger partial charge in [-0.05, 0) is 93.1 Å². The third kappa shape index (κ3) is 8.64. The molecule has 6 unspecified atom stereocenters. The minimum atomic E-state index is -0.342. The lowest BCUT2D eigenvalue weighted by Crippen LogP contribution is -2.53. The summed E-state index contributed by atoms with van der Waals surface area (Å²) in [5, 5.41) is 18.6. The van der Waals surface area contributed by atoms with Crippen molar-refractivity contribution < 1.29 is 28.8 Å². The molecule has 1 heterocycles. The van der Waals surface area contributed by atoms with Gasteiger partial charge in [-0.2, -0.15) is 0 Å². The third-order valence-corrected chi connectivity index (χ3v) is 11.4. The third-order valence-electron chi connectivity index (χ3n) is 11.4. The molecule has 3 aromatic carbocycles. The number of rotatable bonds is 0. The molecule has 1 aliphatic heterocycles. The number of amides is 6. The van der Waals surface area contributed by atoms with E-state index in [0.717, 1.165) is 38.5 Å². The number of carbonyl (C=O) groups is 6. The largest absolute Gasteiger partial charge is 0.347 e. The van der Waals surface area contributed by atoms with Gasteiger partial charge in [0.15, 0.2) is 0 Å². The van der Waals surface area contributed by atoms with Gasteiger partial charge in [0.1, 0.15) is 0 Å². The van der Waals surface area contributed by atoms with Crippen LogP contribution in [0.2, 0.25) is 0 Å². The van der Waals surface area contributed by atoms with Crippen LogP contribution in [0.3, 0.4) is 0 Å². The molecule has 6 atom stereocenters. The smallest absolute Gasteiger partial charge is 0.251 e. The Hall–Kier alpha value is -5.52. The fraction of sp³-hybridized carbons (Fsp3) is 0.429. The monoisotopic (exact) mass is 732 g/mol. The van der Waals surface area contributed by atoms with Gasteiger partial charge in [0.25, 0.3) is 35.4 Å². The molecule has 3 aliphatic carbocycles. The lowest BCUT2D eigenvalue weighted by atomic mass is 9.89. The van der Waals surface area contributed by atoms with Gasteiger partial charge in [0, 0.05) is 69.6 Å². The van der Waals surface area contributed by atoms with Crippen LogP contribution in [0.25, 0.3) is 0 Å². The Morgan fingerprint density at radius 1 is 0.296 bits per heavy atom. The number of hydrogen-bond acceptors (Lipinski definition) is 6. The van der Waals surface area contributed by atoms with Crippen LogP contribution >= 0.6 is 0 Å². The second kappa shape index (κ2) is 16.7. The van der Waals surface area contributed by atoms with E-state index >= 15 is 0 Å². The van der Waals surface area contributed by atoms with E-state index in [0.29, 0.717) is 71.9 Å². The zero-order valence-electron chi connectivity index (χ0n) is 30.3. The minimum Gasteiger partial charge on any atom is -0.347 e. The second-order valence-corrected chi connectivity index (χ2v) is 15.1. The molecule has 3 saturated carbocycles. The Morgan fingerprint density at radius 3 is 0.630 bits per heavy atom. The van der Waals surface area contributed by atoms with Gasteiger partial charge in [-0.15, -0.1) is 0 Å². The topological polar surface area (TPSA) is 175 Å². The maximum Gasteiger partial charge on any atom is 0.251 e. The normalized spacial score (nSPS) is 27.1. The van der Waals surface area contributed by atoms with E-state index in [1.54, 1.807) is 72.8 Å². The van der Waals surface area contributed by atoms with Crippen molar-refractivity contribution in [3.63, 3.8) is 0 Å². The van der Waals surface area contributed by atoms with Crippen molar-refractivity contribution in [2.24, 2.45) is 0 Å². The number of fused-ring (bicyclic) bond motifs is 9. The highest BCUT2D eigenvalue weighted by Crippen LogP contribution is 2.24. The number of carbonyl (C=O) groups excluding carboxylic acids is 6. The van der Waals surface area contributed by atoms with Crippen LogP contribution in [0.1, 0.15) is 139 Å². The standard InChI is InChI=1S/C42H48N6O6/c49-37-25-10-7-12-27(22-25)39(51)45-33-18-3-4-19-34(33)47-41(53)29-14-9-15-30(24-29)42(54)48-36-21-6-5-20-35(36)46-40(52)28-13-8-11-26(23-28)38(50)44-32-17-2-1-16-31(32)43-37/h7-15,22-24,31-36H,1-6,16-21H2,(H,43,49)(H,44,50)(H,45,51)(H,46,52)(H,47,53)(H,48,54). The first kappa shape index (κ1) is 36.8. The molecule has 282 valence electrons. The summed E-state index contributed by atoms with van der Waals surface area (Å²) in [6.45, 7) is 0. The van der Waals surface area contributed by atoms with E-state index in [1.165, 1.54) is 0 Å². The van der Waals surface area contributed by atoms with Crippen LogP contribution < -0.4 is 31.9 Å². The molecule has 4 aliphatic rings. The molecule has 12 heteroatoms. The SMILES string of the molecule is O=C1NC2CCCCC2NC(=O)c2cccc(c2)C(=O)NC2CCCCC2NC(=O)c2cccc(c2)C(=O)NC2CCCCC2NC(=O)c2cccc1c2. The molecule has 0 spiro atoms. The van der Waals surface area contributed by atoms with Gasteiger partial charge in [0.05, 0.1) is 0 Å². The molecule has 3 fully saturated rings. The summed E-state index contributed by atoms with van der Waals surface area (Å²) < 4.78 is 0. The predicted molar refractivity (Wildman–Crippen MR) is 202 cm³/mol. The highest BCUT2D eigenvalue weighted by Gasteiger charge is 2.32. The number of nitrogens with one attached hydrogen (secondary N) is 6. The molecule has 6 amide bonds. The van der Waals surface area contributed by atoms with Crippen LogP contribution in [-0.4, -0.2) is 71.7 Å². The molecule has 6 N–H and O–H groups in total. The lowest BCUT2D eigenvalue weighted by molar-refractivity contribution is 0.0858. The molecule has 7 rings (SSSR count). The van der Waals surface area contributed by atoms with Crippen molar-refractivity contribution >= 4 is 35.4 Å². The number of benzene rings is 3. The van der Waals surface area contributed by atoms with Crippen LogP contribution in [0.5, 0.6) is 0 Å². The summed E-state index contributed by atoms with van der Waals surface area (Å²) in [6, 6.07) is 17.7. The van der Waals surface area contributed by atoms with E-state index in [2.05, 4.69) is 31.9 Å². The van der Waals surface area contributed by atoms with Gasteiger partial charge in [0.2, 0.25) is 0 Å². The van der Waals surface area contributed by atoms with E-state index in [4.69, 9.17) is 0 Å². The summed E-state index contributed by atoms with van der Waals surface area (Å²) in [5.41, 5.74) is 1.96. The Morgan fingerprint density at radius 2 is 0.463 bits per heavy atom. The molecule has 3 aromatic rings. The fourth-order valence-electron chi connectivity index (χ4n) is 8.34. The minimum absolute atomic E-state index is 0.326. The second-order valence-electron chi connectivity index (χ2n) is 15.1. The molecule has 54 heavy (non-hydrogen) atoms. The van der Waals surface area contributed by atoms with E-state index in [-0.39, 0.29) is 71.7 Å². The van der Waals surface area contributed by atoms with Crippen LogP contribution in [0.4, 0.5) is 0 Å². The van der Waals surface area contributed by atoms with Crippen molar-refractivity contribution in [3.8, 4) is 0 Å². The first-order chi connectivity index (χ1) is 26.2. The first-order valence-electron chi connectivity index (χ1n) is 19.4. The average molecular weight is 733 g/mol. The molecular formula is C42H48N6O6. The zero-order valence-corrected chi connectivity index (χ0v) is 30.3. The zero-order chi connectivity index (χ0) is 37.6. The lowest BCUT2D eigenvalue weighted by Gasteiger charge is -2.33. The van der Waals surface area contributed by atoms with Crippen LogP contribution in [0, 0.1) is 0 Å². The maximum absolute atomic E-state index is 13.6. The van der Waals surface area contributed by atoms with E-state index in [1.807, 2.05) is 0 Å². The van der Waals surface area contributed by atoms with Gasteiger partial charge in [-0.3, -0.25) is 28.8 Å². The van der Waals surface area contributed by atoms with Gasteiger partial charge < -0.3 is 31.9 Å². The Labute approximate surface area is 315 Å². The van der Waals surface area contributed by atoms with Crippen molar-refractivity contribution in [1.29, 1.82) is 0 Å². The Bertz CT molecular complexity index is 1590. The summed E-state index contributed by atoms with van der Waals surface area (Å²) in [6.07, 6.45) is 9.41. The maximum atomic E-state index is 13.6. The van der Waals surface area contributed by atoms with Crippen LogP contribution in [-0.2, 0) is 0 Å². The molecule has 12 nitrogen and oxygen atoms in total. The first-order valence-corrected chi connectivity index (χ1v) is 19.4. The Balaban J connectivity index is 1.18. The fourth-order valence-corrected chi connectivity index (χ4v) is 8.34. The molecule has 0 aromatic heterocycles. The molecule has 6 bridgehead atoms. The summed E-state index contributed by atoms with van der Waals surface area (Å²) in [7, 11) is 0. The van der Waals surface area contributed by atoms with Crippen molar-refractivity contribution in [2.75, 3.05) is 0 Å². The van der Waals surface area contributed by atoms with Crippen molar-refractivity contribution in [3.05, 3.63) is 106 Å². The summed E-state index contributed by atoms with van der Waals surface area (Å²) >= 11 is 0. The van der Waals surface area contributed by atoms with E-state index < -0.39 is 0 Å². The van der Waals surface area contributed by atoms with Crippen LogP contribution in [0.15, 0.2) is 72.8 Å². The predicted octanol–water partition coefficient (Wildman–Crippen LogP) is 4.41. The molecule has 0 saturated heterocycles. The average Bonchev–Trinajstić information content (AvgIpc) is 3.19. The molecule has 0 radical (unpaired) electrons. The summed E-state index contributed by atoms with van der Waals surface area (Å²) in [4.78, 5) is 81.4. The highest BCUT2D eigenvalue weighted by atomic mass is 16.2. The van der Waals surface area contributed by atoms with Gasteiger partial charge >= 0.3 is 0 Å². The summed E-state index contributed by atoms with van der Waals surface area (Å²) in [5.74, 6) is -2.05. The van der Waals surface area contributed by atoms with Gasteiger partial charge in [-0.1, -0.05) is 56.7 Å². The van der Waals surface area contributed by atoms with E-state index in [9.17, 15) is 28.8 Å². The highest BCUT2D eigenvalue weighted by molar-refractivity contribution is 6.02. The quantitative estimate of drug-likeness (QED) is 0.200. The van der Waals surface area contributed by atoms with Gasteiger partial charge in [-0.25, -0.2) is 0 Å². The van der Waals surface area contributed by atoms with Crippen molar-refractivity contribution in [1.82, 2.24) is 31.9 Å².